The minimum atomic E-state index is 0.119. The van der Waals surface area contributed by atoms with Gasteiger partial charge in [0.1, 0.15) is 0 Å². The molecule has 0 saturated heterocycles. The van der Waals surface area contributed by atoms with Crippen LogP contribution in [0.15, 0.2) is 54.6 Å². The first-order chi connectivity index (χ1) is 12.7. The van der Waals surface area contributed by atoms with E-state index in [0.29, 0.717) is 6.54 Å². The van der Waals surface area contributed by atoms with Gasteiger partial charge in [0.05, 0.1) is 18.8 Å². The molecule has 0 radical (unpaired) electrons. The van der Waals surface area contributed by atoms with E-state index in [0.717, 1.165) is 30.9 Å². The molecular formula is C22H27N3O. The molecule has 0 bridgehead atoms. The summed E-state index contributed by atoms with van der Waals surface area (Å²) in [5, 5.41) is 17.1. The number of aromatic nitrogens is 2. The zero-order valence-electron chi connectivity index (χ0n) is 15.6. The van der Waals surface area contributed by atoms with Crippen molar-refractivity contribution in [3.05, 3.63) is 77.1 Å². The number of hydrogen-bond donors (Lipinski definition) is 2. The van der Waals surface area contributed by atoms with Gasteiger partial charge >= 0.3 is 0 Å². The van der Waals surface area contributed by atoms with Crippen LogP contribution in [0.4, 0.5) is 0 Å². The highest BCUT2D eigenvalue weighted by atomic mass is 16.3. The molecule has 0 spiro atoms. The van der Waals surface area contributed by atoms with Crippen LogP contribution in [0, 0.1) is 13.8 Å². The average Bonchev–Trinajstić information content (AvgIpc) is 2.94. The Morgan fingerprint density at radius 2 is 1.65 bits per heavy atom. The molecule has 2 N–H and O–H groups in total. The quantitative estimate of drug-likeness (QED) is 0.612. The fraction of sp³-hybridized carbons (Fsp3) is 0.318. The molecule has 26 heavy (non-hydrogen) atoms. The van der Waals surface area contributed by atoms with E-state index >= 15 is 0 Å². The van der Waals surface area contributed by atoms with Crippen LogP contribution < -0.4 is 5.32 Å². The van der Waals surface area contributed by atoms with Gasteiger partial charge < -0.3 is 10.4 Å². The fourth-order valence-electron chi connectivity index (χ4n) is 3.24. The summed E-state index contributed by atoms with van der Waals surface area (Å²) >= 11 is 0. The molecule has 0 aliphatic heterocycles. The van der Waals surface area contributed by atoms with Gasteiger partial charge in [-0.3, -0.25) is 4.68 Å². The molecule has 0 aliphatic rings. The maximum absolute atomic E-state index is 9.10. The van der Waals surface area contributed by atoms with E-state index in [2.05, 4.69) is 65.9 Å². The van der Waals surface area contributed by atoms with Gasteiger partial charge in [0.15, 0.2) is 0 Å². The Balaban J connectivity index is 1.51. The summed E-state index contributed by atoms with van der Waals surface area (Å²) in [6, 6.07) is 19.3. The number of aliphatic hydroxyl groups excluding tert-OH is 1. The van der Waals surface area contributed by atoms with E-state index in [9.17, 15) is 0 Å². The van der Waals surface area contributed by atoms with E-state index in [-0.39, 0.29) is 6.61 Å². The molecule has 3 aromatic rings. The van der Waals surface area contributed by atoms with Crippen molar-refractivity contribution >= 4 is 0 Å². The van der Waals surface area contributed by atoms with Crippen molar-refractivity contribution in [1.29, 1.82) is 0 Å². The minimum Gasteiger partial charge on any atom is -0.394 e. The Labute approximate surface area is 155 Å². The number of rotatable bonds is 8. The maximum Gasteiger partial charge on any atom is 0.0644 e. The highest BCUT2D eigenvalue weighted by Gasteiger charge is 2.10. The molecule has 136 valence electrons. The third-order valence-electron chi connectivity index (χ3n) is 4.80. The molecule has 0 aliphatic carbocycles. The first-order valence-corrected chi connectivity index (χ1v) is 9.18. The van der Waals surface area contributed by atoms with E-state index in [4.69, 9.17) is 5.11 Å². The normalized spacial score (nSPS) is 11.0. The van der Waals surface area contributed by atoms with E-state index < -0.39 is 0 Å². The van der Waals surface area contributed by atoms with Crippen LogP contribution in [0.5, 0.6) is 0 Å². The van der Waals surface area contributed by atoms with Crippen LogP contribution >= 0.6 is 0 Å². The molecule has 4 heteroatoms. The Kier molecular flexibility index (Phi) is 6.21. The molecule has 1 aromatic heterocycles. The highest BCUT2D eigenvalue weighted by Crippen LogP contribution is 2.19. The van der Waals surface area contributed by atoms with Crippen molar-refractivity contribution < 1.29 is 5.11 Å². The summed E-state index contributed by atoms with van der Waals surface area (Å²) in [7, 11) is 0. The molecule has 1 heterocycles. The summed E-state index contributed by atoms with van der Waals surface area (Å²) < 4.78 is 1.88. The molecule has 4 nitrogen and oxygen atoms in total. The molecule has 0 saturated carbocycles. The predicted molar refractivity (Wildman–Crippen MR) is 106 cm³/mol. The number of benzene rings is 2. The van der Waals surface area contributed by atoms with Crippen molar-refractivity contribution in [3.8, 4) is 11.1 Å². The van der Waals surface area contributed by atoms with Gasteiger partial charge in [-0.25, -0.2) is 0 Å². The number of nitrogens with zero attached hydrogens (tertiary/aromatic N) is 2. The van der Waals surface area contributed by atoms with Gasteiger partial charge in [-0.1, -0.05) is 54.6 Å². The van der Waals surface area contributed by atoms with Crippen LogP contribution in [-0.4, -0.2) is 28.0 Å². The number of nitrogens with one attached hydrogen (secondary N) is 1. The van der Waals surface area contributed by atoms with Crippen molar-refractivity contribution in [2.24, 2.45) is 0 Å². The summed E-state index contributed by atoms with van der Waals surface area (Å²) in [4.78, 5) is 0. The summed E-state index contributed by atoms with van der Waals surface area (Å²) in [6.07, 6.45) is 0.998. The lowest BCUT2D eigenvalue weighted by molar-refractivity contribution is 0.267. The highest BCUT2D eigenvalue weighted by molar-refractivity contribution is 5.63. The Morgan fingerprint density at radius 1 is 0.962 bits per heavy atom. The van der Waals surface area contributed by atoms with E-state index in [1.807, 2.05) is 17.7 Å². The first-order valence-electron chi connectivity index (χ1n) is 9.18. The van der Waals surface area contributed by atoms with E-state index in [1.165, 1.54) is 22.3 Å². The van der Waals surface area contributed by atoms with Crippen molar-refractivity contribution in [1.82, 2.24) is 15.1 Å². The monoisotopic (exact) mass is 349 g/mol. The summed E-state index contributed by atoms with van der Waals surface area (Å²) in [5.74, 6) is 0. The maximum atomic E-state index is 9.10. The third kappa shape index (κ3) is 4.40. The van der Waals surface area contributed by atoms with Crippen LogP contribution in [0.3, 0.4) is 0 Å². The van der Waals surface area contributed by atoms with Gasteiger partial charge in [0, 0.05) is 17.8 Å². The largest absolute Gasteiger partial charge is 0.394 e. The van der Waals surface area contributed by atoms with Gasteiger partial charge in [-0.15, -0.1) is 0 Å². The lowest BCUT2D eigenvalue weighted by atomic mass is 10.0. The molecule has 0 atom stereocenters. The topological polar surface area (TPSA) is 50.1 Å². The Bertz CT molecular complexity index is 823. The van der Waals surface area contributed by atoms with Crippen molar-refractivity contribution in [2.45, 2.75) is 33.4 Å². The van der Waals surface area contributed by atoms with Gasteiger partial charge in [0.2, 0.25) is 0 Å². The minimum absolute atomic E-state index is 0.119. The Morgan fingerprint density at radius 3 is 2.35 bits per heavy atom. The predicted octanol–water partition coefficient (Wildman–Crippen LogP) is 3.49. The second kappa shape index (κ2) is 8.79. The smallest absolute Gasteiger partial charge is 0.0644 e. The zero-order chi connectivity index (χ0) is 18.4. The number of aliphatic hydroxyl groups is 1. The van der Waals surface area contributed by atoms with Gasteiger partial charge in [-0.2, -0.15) is 5.10 Å². The first kappa shape index (κ1) is 18.4. The second-order valence-corrected chi connectivity index (χ2v) is 6.59. The summed E-state index contributed by atoms with van der Waals surface area (Å²) in [6.45, 7) is 6.50. The lowest BCUT2D eigenvalue weighted by Crippen LogP contribution is -2.17. The molecular weight excluding hydrogens is 322 g/mol. The molecule has 3 rings (SSSR count). The number of aryl methyl sites for hydroxylation is 1. The average molecular weight is 349 g/mol. The molecule has 2 aromatic carbocycles. The number of hydrogen-bond acceptors (Lipinski definition) is 3. The van der Waals surface area contributed by atoms with Crippen LogP contribution in [0.1, 0.15) is 22.5 Å². The summed E-state index contributed by atoms with van der Waals surface area (Å²) in [5.41, 5.74) is 7.25. The second-order valence-electron chi connectivity index (χ2n) is 6.59. The van der Waals surface area contributed by atoms with E-state index in [1.54, 1.807) is 0 Å². The van der Waals surface area contributed by atoms with Crippen LogP contribution in [-0.2, 0) is 19.5 Å². The van der Waals surface area contributed by atoms with Crippen LogP contribution in [0.2, 0.25) is 0 Å². The molecule has 0 amide bonds. The van der Waals surface area contributed by atoms with Gasteiger partial charge in [0.25, 0.3) is 0 Å². The Hall–Kier alpha value is -2.43. The van der Waals surface area contributed by atoms with Crippen LogP contribution in [0.25, 0.3) is 11.1 Å². The zero-order valence-corrected chi connectivity index (χ0v) is 15.6. The van der Waals surface area contributed by atoms with Gasteiger partial charge in [-0.05, 0) is 43.5 Å². The lowest BCUT2D eigenvalue weighted by Gasteiger charge is -2.07. The molecule has 0 unspecified atom stereocenters. The fourth-order valence-corrected chi connectivity index (χ4v) is 3.24. The van der Waals surface area contributed by atoms with Crippen molar-refractivity contribution in [3.63, 3.8) is 0 Å². The molecule has 0 fully saturated rings. The SMILES string of the molecule is Cc1nn(CCO)c(C)c1CNCCc1ccc(-c2ccccc2)cc1. The standard InChI is InChI=1S/C22H27N3O/c1-17-22(18(2)25(24-17)14-15-26)16-23-13-12-19-8-10-21(11-9-19)20-6-4-3-5-7-20/h3-11,23,26H,12-16H2,1-2H3. The van der Waals surface area contributed by atoms with Crippen molar-refractivity contribution in [2.75, 3.05) is 13.2 Å². The third-order valence-corrected chi connectivity index (χ3v) is 4.80.